The van der Waals surface area contributed by atoms with Gasteiger partial charge in [0.15, 0.2) is 0 Å². The number of anilines is 2. The Morgan fingerprint density at radius 2 is 1.76 bits per heavy atom. The zero-order chi connectivity index (χ0) is 14.7. The van der Waals surface area contributed by atoms with E-state index in [0.29, 0.717) is 11.9 Å². The van der Waals surface area contributed by atoms with Gasteiger partial charge in [0.25, 0.3) is 0 Å². The Morgan fingerprint density at radius 1 is 1.10 bits per heavy atom. The number of hydrogen-bond acceptors (Lipinski definition) is 7. The van der Waals surface area contributed by atoms with Gasteiger partial charge in [0.05, 0.1) is 7.11 Å². The lowest BCUT2D eigenvalue weighted by Crippen LogP contribution is -2.29. The van der Waals surface area contributed by atoms with Crippen LogP contribution in [0.3, 0.4) is 0 Å². The van der Waals surface area contributed by atoms with Crippen LogP contribution in [0.25, 0.3) is 0 Å². The van der Waals surface area contributed by atoms with Gasteiger partial charge in [-0.15, -0.1) is 0 Å². The first kappa shape index (κ1) is 13.6. The van der Waals surface area contributed by atoms with Gasteiger partial charge in [-0.25, -0.2) is 5.84 Å². The fourth-order valence-corrected chi connectivity index (χ4v) is 2.51. The van der Waals surface area contributed by atoms with E-state index >= 15 is 0 Å². The maximum Gasteiger partial charge on any atom is 0.322 e. The summed E-state index contributed by atoms with van der Waals surface area (Å²) in [5.74, 6) is 6.28. The minimum absolute atomic E-state index is 0.259. The van der Waals surface area contributed by atoms with E-state index in [1.807, 2.05) is 0 Å². The fraction of sp³-hybridized carbons (Fsp3) is 0.357. The molecule has 110 valence electrons. The number of rotatable bonds is 3. The highest BCUT2D eigenvalue weighted by atomic mass is 16.5. The number of hydrogen-bond donors (Lipinski definition) is 2. The van der Waals surface area contributed by atoms with Gasteiger partial charge in [-0.1, -0.05) is 24.3 Å². The van der Waals surface area contributed by atoms with Crippen molar-refractivity contribution in [3.8, 4) is 6.01 Å². The van der Waals surface area contributed by atoms with Crippen LogP contribution < -0.4 is 20.9 Å². The van der Waals surface area contributed by atoms with Crippen molar-refractivity contribution >= 4 is 11.9 Å². The summed E-state index contributed by atoms with van der Waals surface area (Å²) >= 11 is 0. The first-order valence-electron chi connectivity index (χ1n) is 6.88. The second-order valence-corrected chi connectivity index (χ2v) is 4.85. The second kappa shape index (κ2) is 5.92. The predicted molar refractivity (Wildman–Crippen MR) is 80.3 cm³/mol. The van der Waals surface area contributed by atoms with Crippen LogP contribution in [0.15, 0.2) is 24.3 Å². The predicted octanol–water partition coefficient (Wildman–Crippen LogP) is 0.771. The van der Waals surface area contributed by atoms with Crippen LogP contribution in [-0.2, 0) is 12.8 Å². The van der Waals surface area contributed by atoms with Crippen molar-refractivity contribution < 1.29 is 4.74 Å². The van der Waals surface area contributed by atoms with E-state index < -0.39 is 0 Å². The van der Waals surface area contributed by atoms with Crippen molar-refractivity contribution in [3.63, 3.8) is 0 Å². The minimum atomic E-state index is 0.259. The van der Waals surface area contributed by atoms with E-state index in [9.17, 15) is 0 Å². The Balaban J connectivity index is 1.85. The minimum Gasteiger partial charge on any atom is -0.467 e. The van der Waals surface area contributed by atoms with Gasteiger partial charge in [0, 0.05) is 13.1 Å². The molecule has 0 saturated heterocycles. The van der Waals surface area contributed by atoms with Crippen LogP contribution >= 0.6 is 0 Å². The SMILES string of the molecule is COc1nc(NN)nc(N2CCc3ccccc3CC2)n1. The van der Waals surface area contributed by atoms with Gasteiger partial charge in [-0.3, -0.25) is 5.43 Å². The normalized spacial score (nSPS) is 14.3. The number of hydrazine groups is 1. The van der Waals surface area contributed by atoms with E-state index in [-0.39, 0.29) is 6.01 Å². The molecule has 2 aromatic rings. The van der Waals surface area contributed by atoms with Crippen molar-refractivity contribution in [2.75, 3.05) is 30.5 Å². The Hall–Kier alpha value is -2.41. The Morgan fingerprint density at radius 3 is 2.33 bits per heavy atom. The van der Waals surface area contributed by atoms with E-state index in [4.69, 9.17) is 10.6 Å². The third kappa shape index (κ3) is 2.87. The average Bonchev–Trinajstić information content (AvgIpc) is 2.77. The maximum atomic E-state index is 5.39. The molecule has 1 aliphatic heterocycles. The van der Waals surface area contributed by atoms with Crippen LogP contribution in [0.1, 0.15) is 11.1 Å². The third-order valence-corrected chi connectivity index (χ3v) is 3.62. The lowest BCUT2D eigenvalue weighted by molar-refractivity contribution is 0.378. The van der Waals surface area contributed by atoms with Gasteiger partial charge in [-0.05, 0) is 24.0 Å². The molecule has 1 aromatic heterocycles. The zero-order valence-electron chi connectivity index (χ0n) is 11.9. The van der Waals surface area contributed by atoms with Crippen LogP contribution in [-0.4, -0.2) is 35.2 Å². The highest BCUT2D eigenvalue weighted by molar-refractivity contribution is 5.40. The molecule has 0 saturated carbocycles. The molecule has 2 heterocycles. The zero-order valence-corrected chi connectivity index (χ0v) is 11.9. The van der Waals surface area contributed by atoms with Gasteiger partial charge in [-0.2, -0.15) is 15.0 Å². The molecule has 0 aliphatic carbocycles. The lowest BCUT2D eigenvalue weighted by Gasteiger charge is -2.20. The van der Waals surface area contributed by atoms with Crippen molar-refractivity contribution in [1.82, 2.24) is 15.0 Å². The summed E-state index contributed by atoms with van der Waals surface area (Å²) in [5, 5.41) is 0. The molecule has 0 radical (unpaired) electrons. The maximum absolute atomic E-state index is 5.39. The Labute approximate surface area is 123 Å². The van der Waals surface area contributed by atoms with Crippen LogP contribution in [0.5, 0.6) is 6.01 Å². The summed E-state index contributed by atoms with van der Waals surface area (Å²) in [5.41, 5.74) is 5.22. The van der Waals surface area contributed by atoms with Crippen LogP contribution in [0.4, 0.5) is 11.9 Å². The fourth-order valence-electron chi connectivity index (χ4n) is 2.51. The Bertz CT molecular complexity index is 583. The van der Waals surface area contributed by atoms with E-state index in [2.05, 4.69) is 49.5 Å². The number of benzene rings is 1. The van der Waals surface area contributed by atoms with Crippen molar-refractivity contribution in [2.45, 2.75) is 12.8 Å². The van der Waals surface area contributed by atoms with Gasteiger partial charge in [0.2, 0.25) is 11.9 Å². The first-order chi connectivity index (χ1) is 10.3. The van der Waals surface area contributed by atoms with Gasteiger partial charge >= 0.3 is 6.01 Å². The average molecular weight is 286 g/mol. The molecule has 0 atom stereocenters. The van der Waals surface area contributed by atoms with Crippen LogP contribution in [0, 0.1) is 0 Å². The number of nitrogens with one attached hydrogen (secondary N) is 1. The number of nitrogens with zero attached hydrogens (tertiary/aromatic N) is 4. The summed E-state index contributed by atoms with van der Waals surface area (Å²) < 4.78 is 5.10. The van der Waals surface area contributed by atoms with Gasteiger partial charge < -0.3 is 9.64 Å². The molecule has 0 unspecified atom stereocenters. The summed E-state index contributed by atoms with van der Waals surface area (Å²) in [6.45, 7) is 1.71. The summed E-state index contributed by atoms with van der Waals surface area (Å²) in [6, 6.07) is 8.78. The Kier molecular flexibility index (Phi) is 3.83. The quantitative estimate of drug-likeness (QED) is 0.636. The summed E-state index contributed by atoms with van der Waals surface area (Å²) in [4.78, 5) is 14.8. The molecule has 7 nitrogen and oxygen atoms in total. The highest BCUT2D eigenvalue weighted by Gasteiger charge is 2.18. The largest absolute Gasteiger partial charge is 0.467 e. The molecule has 0 fully saturated rings. The van der Waals surface area contributed by atoms with Crippen molar-refractivity contribution in [2.24, 2.45) is 5.84 Å². The molecule has 1 aliphatic rings. The van der Waals surface area contributed by atoms with Gasteiger partial charge in [0.1, 0.15) is 0 Å². The lowest BCUT2D eigenvalue weighted by atomic mass is 10.0. The summed E-state index contributed by atoms with van der Waals surface area (Å²) in [6.07, 6.45) is 1.94. The number of methoxy groups -OCH3 is 1. The number of fused-ring (bicyclic) bond motifs is 1. The third-order valence-electron chi connectivity index (χ3n) is 3.62. The van der Waals surface area contributed by atoms with Crippen molar-refractivity contribution in [1.29, 1.82) is 0 Å². The molecule has 7 heteroatoms. The molecular formula is C14H18N6O. The number of ether oxygens (including phenoxy) is 1. The molecule has 21 heavy (non-hydrogen) atoms. The van der Waals surface area contributed by atoms with E-state index in [1.165, 1.54) is 18.2 Å². The monoisotopic (exact) mass is 286 g/mol. The molecular weight excluding hydrogens is 268 g/mol. The van der Waals surface area contributed by atoms with E-state index in [1.54, 1.807) is 0 Å². The number of aromatic nitrogens is 3. The molecule has 1 aromatic carbocycles. The highest BCUT2D eigenvalue weighted by Crippen LogP contribution is 2.20. The second-order valence-electron chi connectivity index (χ2n) is 4.85. The molecule has 0 bridgehead atoms. The van der Waals surface area contributed by atoms with Crippen molar-refractivity contribution in [3.05, 3.63) is 35.4 Å². The number of nitrogen functional groups attached to an aromatic ring is 1. The topological polar surface area (TPSA) is 89.2 Å². The smallest absolute Gasteiger partial charge is 0.322 e. The van der Waals surface area contributed by atoms with Crippen LogP contribution in [0.2, 0.25) is 0 Å². The molecule has 0 spiro atoms. The van der Waals surface area contributed by atoms with E-state index in [0.717, 1.165) is 25.9 Å². The molecule has 3 rings (SSSR count). The standard InChI is InChI=1S/C14H18N6O/c1-21-14-17-12(19-15)16-13(18-14)20-8-6-10-4-2-3-5-11(10)7-9-20/h2-5H,6-9,15H2,1H3,(H,16,17,18,19). The molecule has 3 N–H and O–H groups in total. The molecule has 0 amide bonds. The summed E-state index contributed by atoms with van der Waals surface area (Å²) in [7, 11) is 1.53. The number of nitrogens with two attached hydrogens (primary N) is 1. The first-order valence-corrected chi connectivity index (χ1v) is 6.88.